The second-order valence-corrected chi connectivity index (χ2v) is 4.51. The molecule has 0 N–H and O–H groups in total. The highest BCUT2D eigenvalue weighted by Gasteiger charge is 2.24. The summed E-state index contributed by atoms with van der Waals surface area (Å²) in [7, 11) is 0. The monoisotopic (exact) mass is 273 g/mol. The minimum absolute atomic E-state index is 0.0714. The van der Waals surface area contributed by atoms with Gasteiger partial charge in [0.1, 0.15) is 0 Å². The highest BCUT2D eigenvalue weighted by molar-refractivity contribution is 9.10. The van der Waals surface area contributed by atoms with Crippen molar-refractivity contribution in [1.29, 1.82) is 0 Å². The molecule has 0 atom stereocenters. The fourth-order valence-corrected chi connectivity index (χ4v) is 2.37. The van der Waals surface area contributed by atoms with E-state index in [1.54, 1.807) is 11.8 Å². The number of fused-ring (bicyclic) bond motifs is 1. The van der Waals surface area contributed by atoms with Crippen LogP contribution in [0.2, 0.25) is 5.02 Å². The van der Waals surface area contributed by atoms with E-state index >= 15 is 0 Å². The average molecular weight is 275 g/mol. The van der Waals surface area contributed by atoms with E-state index in [2.05, 4.69) is 15.9 Å². The van der Waals surface area contributed by atoms with Gasteiger partial charge in [0, 0.05) is 23.6 Å². The first kappa shape index (κ1) is 9.99. The van der Waals surface area contributed by atoms with Crippen LogP contribution in [0.3, 0.4) is 0 Å². The molecule has 1 aromatic rings. The van der Waals surface area contributed by atoms with Crippen LogP contribution in [0.5, 0.6) is 0 Å². The maximum Gasteiger partial charge on any atom is 0.223 e. The van der Waals surface area contributed by atoms with Gasteiger partial charge in [0.15, 0.2) is 0 Å². The Morgan fingerprint density at radius 3 is 2.93 bits per heavy atom. The van der Waals surface area contributed by atoms with Gasteiger partial charge in [0.2, 0.25) is 5.91 Å². The van der Waals surface area contributed by atoms with Gasteiger partial charge in [-0.25, -0.2) is 0 Å². The SMILES string of the molecule is CC(=O)N1CCc2c1ccc(Br)c2Cl. The fraction of sp³-hybridized carbons (Fsp3) is 0.300. The minimum Gasteiger partial charge on any atom is -0.312 e. The molecule has 0 unspecified atom stereocenters. The average Bonchev–Trinajstić information content (AvgIpc) is 2.55. The van der Waals surface area contributed by atoms with Gasteiger partial charge >= 0.3 is 0 Å². The molecule has 1 heterocycles. The van der Waals surface area contributed by atoms with Crippen LogP contribution in [0.15, 0.2) is 16.6 Å². The molecule has 4 heteroatoms. The summed E-state index contributed by atoms with van der Waals surface area (Å²) in [6, 6.07) is 3.81. The summed E-state index contributed by atoms with van der Waals surface area (Å²) in [6.07, 6.45) is 0.840. The molecule has 0 aromatic heterocycles. The van der Waals surface area contributed by atoms with Crippen molar-refractivity contribution in [1.82, 2.24) is 0 Å². The summed E-state index contributed by atoms with van der Waals surface area (Å²) < 4.78 is 0.892. The first-order valence-corrected chi connectivity index (χ1v) is 5.53. The molecule has 1 amide bonds. The molecule has 2 rings (SSSR count). The second kappa shape index (κ2) is 3.55. The molecule has 1 aromatic carbocycles. The standard InChI is InChI=1S/C10H9BrClNO/c1-6(14)13-5-4-7-9(13)3-2-8(11)10(7)12/h2-3H,4-5H2,1H3. The number of halogens is 2. The van der Waals surface area contributed by atoms with Crippen molar-refractivity contribution in [2.24, 2.45) is 0 Å². The number of hydrogen-bond acceptors (Lipinski definition) is 1. The zero-order valence-electron chi connectivity index (χ0n) is 7.68. The number of nitrogens with zero attached hydrogens (tertiary/aromatic N) is 1. The largest absolute Gasteiger partial charge is 0.312 e. The van der Waals surface area contributed by atoms with Crippen LogP contribution < -0.4 is 4.90 Å². The van der Waals surface area contributed by atoms with E-state index in [1.807, 2.05) is 12.1 Å². The van der Waals surface area contributed by atoms with Crippen molar-refractivity contribution < 1.29 is 4.79 Å². The molecule has 2 nitrogen and oxygen atoms in total. The van der Waals surface area contributed by atoms with Gasteiger partial charge in [-0.3, -0.25) is 4.79 Å². The highest BCUT2D eigenvalue weighted by atomic mass is 79.9. The van der Waals surface area contributed by atoms with Crippen LogP contribution in [-0.4, -0.2) is 12.5 Å². The van der Waals surface area contributed by atoms with E-state index in [0.717, 1.165) is 33.7 Å². The highest BCUT2D eigenvalue weighted by Crippen LogP contribution is 2.37. The molecule has 0 aliphatic carbocycles. The zero-order chi connectivity index (χ0) is 10.3. The molecule has 0 spiro atoms. The summed E-state index contributed by atoms with van der Waals surface area (Å²) in [6.45, 7) is 2.31. The normalized spacial score (nSPS) is 14.4. The van der Waals surface area contributed by atoms with Crippen LogP contribution in [0.25, 0.3) is 0 Å². The molecule has 0 radical (unpaired) electrons. The molecule has 1 aliphatic heterocycles. The number of rotatable bonds is 0. The minimum atomic E-state index is 0.0714. The van der Waals surface area contributed by atoms with E-state index in [0.29, 0.717) is 0 Å². The molecule has 0 saturated heterocycles. The summed E-state index contributed by atoms with van der Waals surface area (Å²) in [5, 5.41) is 0.728. The lowest BCUT2D eigenvalue weighted by molar-refractivity contribution is -0.116. The first-order valence-electron chi connectivity index (χ1n) is 4.36. The van der Waals surface area contributed by atoms with Crippen LogP contribution in [-0.2, 0) is 11.2 Å². The molecule has 0 bridgehead atoms. The van der Waals surface area contributed by atoms with E-state index in [9.17, 15) is 4.79 Å². The van der Waals surface area contributed by atoms with Crippen molar-refractivity contribution in [2.45, 2.75) is 13.3 Å². The van der Waals surface area contributed by atoms with E-state index in [4.69, 9.17) is 11.6 Å². The predicted octanol–water partition coefficient (Wildman–Crippen LogP) is 3.01. The first-order chi connectivity index (χ1) is 6.61. The maximum absolute atomic E-state index is 11.3. The lowest BCUT2D eigenvalue weighted by Crippen LogP contribution is -2.25. The topological polar surface area (TPSA) is 20.3 Å². The van der Waals surface area contributed by atoms with Crippen molar-refractivity contribution >= 4 is 39.1 Å². The third-order valence-corrected chi connectivity index (χ3v) is 3.75. The van der Waals surface area contributed by atoms with Crippen LogP contribution >= 0.6 is 27.5 Å². The van der Waals surface area contributed by atoms with Gasteiger partial charge in [-0.1, -0.05) is 11.6 Å². The Balaban J connectivity index is 2.53. The van der Waals surface area contributed by atoms with Crippen LogP contribution in [0, 0.1) is 0 Å². The van der Waals surface area contributed by atoms with Gasteiger partial charge in [-0.2, -0.15) is 0 Å². The number of carbonyl (C=O) groups is 1. The lowest BCUT2D eigenvalue weighted by atomic mass is 10.2. The molecule has 0 fully saturated rings. The fourth-order valence-electron chi connectivity index (χ4n) is 1.74. The quantitative estimate of drug-likeness (QED) is 0.712. The lowest BCUT2D eigenvalue weighted by Gasteiger charge is -2.14. The molecule has 1 aliphatic rings. The number of benzene rings is 1. The molecule has 74 valence electrons. The van der Waals surface area contributed by atoms with Crippen molar-refractivity contribution in [3.63, 3.8) is 0 Å². The number of amides is 1. The molecule has 14 heavy (non-hydrogen) atoms. The molecular formula is C10H9BrClNO. The summed E-state index contributed by atoms with van der Waals surface area (Å²) in [5.41, 5.74) is 2.02. The summed E-state index contributed by atoms with van der Waals surface area (Å²) >= 11 is 9.49. The number of hydrogen-bond donors (Lipinski definition) is 0. The van der Waals surface area contributed by atoms with Gasteiger partial charge in [-0.05, 0) is 40.0 Å². The van der Waals surface area contributed by atoms with Crippen molar-refractivity contribution in [3.8, 4) is 0 Å². The Morgan fingerprint density at radius 2 is 2.29 bits per heavy atom. The Labute approximate surface area is 96.0 Å². The van der Waals surface area contributed by atoms with Crippen molar-refractivity contribution in [3.05, 3.63) is 27.2 Å². The van der Waals surface area contributed by atoms with Crippen LogP contribution in [0.1, 0.15) is 12.5 Å². The second-order valence-electron chi connectivity index (χ2n) is 3.28. The molecule has 0 saturated carbocycles. The third kappa shape index (κ3) is 1.44. The van der Waals surface area contributed by atoms with Gasteiger partial charge in [-0.15, -0.1) is 0 Å². The van der Waals surface area contributed by atoms with Gasteiger partial charge < -0.3 is 4.90 Å². The summed E-state index contributed by atoms with van der Waals surface area (Å²) in [5.74, 6) is 0.0714. The Kier molecular flexibility index (Phi) is 2.54. The predicted molar refractivity (Wildman–Crippen MR) is 60.9 cm³/mol. The zero-order valence-corrected chi connectivity index (χ0v) is 10.0. The smallest absolute Gasteiger partial charge is 0.223 e. The van der Waals surface area contributed by atoms with Gasteiger partial charge in [0.05, 0.1) is 5.02 Å². The molecular weight excluding hydrogens is 265 g/mol. The maximum atomic E-state index is 11.3. The Bertz CT molecular complexity index is 405. The summed E-state index contributed by atoms with van der Waals surface area (Å²) in [4.78, 5) is 13.0. The van der Waals surface area contributed by atoms with Crippen LogP contribution in [0.4, 0.5) is 5.69 Å². The third-order valence-electron chi connectivity index (χ3n) is 2.43. The van der Waals surface area contributed by atoms with E-state index < -0.39 is 0 Å². The van der Waals surface area contributed by atoms with E-state index in [-0.39, 0.29) is 5.91 Å². The van der Waals surface area contributed by atoms with E-state index in [1.165, 1.54) is 0 Å². The number of anilines is 1. The Morgan fingerprint density at radius 1 is 1.57 bits per heavy atom. The van der Waals surface area contributed by atoms with Crippen molar-refractivity contribution in [2.75, 3.05) is 11.4 Å². The number of carbonyl (C=O) groups excluding carboxylic acids is 1. The Hall–Kier alpha value is -0.540. The van der Waals surface area contributed by atoms with Gasteiger partial charge in [0.25, 0.3) is 0 Å².